The Kier molecular flexibility index (Phi) is 4.62. The minimum absolute atomic E-state index is 0.0136. The van der Waals surface area contributed by atoms with Gasteiger partial charge in [-0.15, -0.1) is 0 Å². The first-order valence-corrected chi connectivity index (χ1v) is 7.39. The second kappa shape index (κ2) is 5.88. The van der Waals surface area contributed by atoms with Crippen molar-refractivity contribution < 1.29 is 13.6 Å². The Morgan fingerprint density at radius 3 is 2.58 bits per heavy atom. The molecule has 2 rings (SSSR count). The van der Waals surface area contributed by atoms with Crippen LogP contribution >= 0.6 is 27.5 Å². The lowest BCUT2D eigenvalue weighted by Gasteiger charge is -2.27. The molecule has 1 aromatic rings. The summed E-state index contributed by atoms with van der Waals surface area (Å²) >= 11 is 9.35. The van der Waals surface area contributed by atoms with Crippen LogP contribution in [-0.2, 0) is 11.2 Å². The molecule has 0 radical (unpaired) electrons. The van der Waals surface area contributed by atoms with Crippen molar-refractivity contribution in [3.63, 3.8) is 0 Å². The number of carbonyl (C=O) groups is 1. The Bertz CT molecular complexity index is 480. The normalized spacial score (nSPS) is 19.4. The minimum atomic E-state index is -2.59. The molecular weight excluding hydrogens is 338 g/mol. The van der Waals surface area contributed by atoms with Gasteiger partial charge in [-0.3, -0.25) is 4.79 Å². The average Bonchev–Trinajstić information content (AvgIpc) is 2.32. The topological polar surface area (TPSA) is 17.1 Å². The molecule has 0 saturated heterocycles. The molecule has 0 amide bonds. The van der Waals surface area contributed by atoms with Crippen molar-refractivity contribution in [3.05, 3.63) is 33.3 Å². The monoisotopic (exact) mass is 350 g/mol. The van der Waals surface area contributed by atoms with Crippen molar-refractivity contribution >= 4 is 33.3 Å². The first-order valence-electron chi connectivity index (χ1n) is 6.22. The first kappa shape index (κ1) is 14.9. The molecule has 1 aliphatic rings. The van der Waals surface area contributed by atoms with Crippen molar-refractivity contribution in [2.24, 2.45) is 5.92 Å². The Hall–Kier alpha value is -0.480. The van der Waals surface area contributed by atoms with Crippen LogP contribution in [0.25, 0.3) is 0 Å². The largest absolute Gasteiger partial charge is 0.299 e. The van der Waals surface area contributed by atoms with Crippen LogP contribution < -0.4 is 0 Å². The number of carbonyl (C=O) groups excluding carboxylic acids is 1. The molecule has 1 aromatic carbocycles. The van der Waals surface area contributed by atoms with Gasteiger partial charge in [-0.1, -0.05) is 33.6 Å². The van der Waals surface area contributed by atoms with E-state index in [-0.39, 0.29) is 43.8 Å². The Labute approximate surface area is 124 Å². The van der Waals surface area contributed by atoms with Crippen molar-refractivity contribution in [3.8, 4) is 0 Å². The highest BCUT2D eigenvalue weighted by Crippen LogP contribution is 2.37. The number of ketones is 1. The summed E-state index contributed by atoms with van der Waals surface area (Å²) < 4.78 is 26.9. The number of rotatable bonds is 3. The molecule has 0 bridgehead atoms. The highest BCUT2D eigenvalue weighted by Gasteiger charge is 2.37. The third kappa shape index (κ3) is 3.99. The summed E-state index contributed by atoms with van der Waals surface area (Å²) in [5, 5.41) is 0.531. The summed E-state index contributed by atoms with van der Waals surface area (Å²) in [4.78, 5) is 12.1. The maximum absolute atomic E-state index is 13.0. The maximum atomic E-state index is 13.0. The Morgan fingerprint density at radius 1 is 1.37 bits per heavy atom. The second-order valence-electron chi connectivity index (χ2n) is 5.01. The van der Waals surface area contributed by atoms with Crippen LogP contribution in [0.2, 0.25) is 5.02 Å². The fraction of sp³-hybridized carbons (Fsp3) is 0.500. The fourth-order valence-corrected chi connectivity index (χ4v) is 3.10. The van der Waals surface area contributed by atoms with Crippen LogP contribution in [0.1, 0.15) is 31.2 Å². The van der Waals surface area contributed by atoms with E-state index in [1.807, 2.05) is 6.07 Å². The number of benzene rings is 1. The first-order chi connectivity index (χ1) is 8.87. The molecule has 0 unspecified atom stereocenters. The van der Waals surface area contributed by atoms with Gasteiger partial charge in [0.25, 0.3) is 0 Å². The van der Waals surface area contributed by atoms with E-state index in [0.29, 0.717) is 5.02 Å². The van der Waals surface area contributed by atoms with Gasteiger partial charge in [-0.25, -0.2) is 8.78 Å². The van der Waals surface area contributed by atoms with Gasteiger partial charge in [0, 0.05) is 34.7 Å². The summed E-state index contributed by atoms with van der Waals surface area (Å²) in [6.45, 7) is 0. The number of halogens is 4. The third-order valence-electron chi connectivity index (χ3n) is 3.55. The van der Waals surface area contributed by atoms with E-state index in [1.165, 1.54) is 0 Å². The molecular formula is C14H14BrClF2O. The van der Waals surface area contributed by atoms with Gasteiger partial charge in [0.05, 0.1) is 0 Å². The molecule has 104 valence electrons. The minimum Gasteiger partial charge on any atom is -0.299 e. The van der Waals surface area contributed by atoms with E-state index < -0.39 is 5.92 Å². The highest BCUT2D eigenvalue weighted by molar-refractivity contribution is 9.10. The zero-order chi connectivity index (χ0) is 14.0. The van der Waals surface area contributed by atoms with Gasteiger partial charge in [0.2, 0.25) is 5.92 Å². The van der Waals surface area contributed by atoms with Gasteiger partial charge in [-0.05, 0) is 30.5 Å². The molecule has 0 aromatic heterocycles. The molecule has 0 spiro atoms. The molecule has 19 heavy (non-hydrogen) atoms. The van der Waals surface area contributed by atoms with Crippen LogP contribution in [-0.4, -0.2) is 11.7 Å². The van der Waals surface area contributed by atoms with Crippen LogP contribution in [0.4, 0.5) is 8.78 Å². The number of hydrogen-bond donors (Lipinski definition) is 0. The predicted molar refractivity (Wildman–Crippen MR) is 74.8 cm³/mol. The van der Waals surface area contributed by atoms with Crippen molar-refractivity contribution in [2.75, 3.05) is 0 Å². The van der Waals surface area contributed by atoms with Crippen molar-refractivity contribution in [1.29, 1.82) is 0 Å². The quantitative estimate of drug-likeness (QED) is 0.745. The molecule has 0 N–H and O–H groups in total. The molecule has 1 saturated carbocycles. The van der Waals surface area contributed by atoms with E-state index >= 15 is 0 Å². The molecule has 1 nitrogen and oxygen atoms in total. The van der Waals surface area contributed by atoms with Gasteiger partial charge >= 0.3 is 0 Å². The van der Waals surface area contributed by atoms with E-state index in [0.717, 1.165) is 10.0 Å². The molecule has 0 atom stereocenters. The lowest BCUT2D eigenvalue weighted by atomic mass is 9.82. The van der Waals surface area contributed by atoms with Crippen LogP contribution in [0.15, 0.2) is 22.7 Å². The summed E-state index contributed by atoms with van der Waals surface area (Å²) in [5.41, 5.74) is 0.757. The standard InChI is InChI=1S/C14H14BrClF2O/c15-11-2-1-10(12(16)8-11)7-13(19)9-3-5-14(17,18)6-4-9/h1-2,8-9H,3-7H2. The SMILES string of the molecule is O=C(Cc1ccc(Br)cc1Cl)C1CCC(F)(F)CC1. The zero-order valence-corrected chi connectivity index (χ0v) is 12.6. The smallest absolute Gasteiger partial charge is 0.248 e. The van der Waals surface area contributed by atoms with Gasteiger partial charge < -0.3 is 0 Å². The fourth-order valence-electron chi connectivity index (χ4n) is 2.36. The van der Waals surface area contributed by atoms with Crippen molar-refractivity contribution in [1.82, 2.24) is 0 Å². The van der Waals surface area contributed by atoms with Gasteiger partial charge in [0.1, 0.15) is 5.78 Å². The van der Waals surface area contributed by atoms with Crippen LogP contribution in [0.3, 0.4) is 0 Å². The lowest BCUT2D eigenvalue weighted by Crippen LogP contribution is -2.29. The van der Waals surface area contributed by atoms with Crippen molar-refractivity contribution in [2.45, 2.75) is 38.0 Å². The summed E-state index contributed by atoms with van der Waals surface area (Å²) in [5.74, 6) is -2.83. The summed E-state index contributed by atoms with van der Waals surface area (Å²) in [7, 11) is 0. The summed E-state index contributed by atoms with van der Waals surface area (Å²) in [6, 6.07) is 5.35. The lowest BCUT2D eigenvalue weighted by molar-refractivity contribution is -0.126. The highest BCUT2D eigenvalue weighted by atomic mass is 79.9. The zero-order valence-electron chi connectivity index (χ0n) is 10.3. The molecule has 0 aliphatic heterocycles. The van der Waals surface area contributed by atoms with E-state index in [4.69, 9.17) is 11.6 Å². The average molecular weight is 352 g/mol. The molecule has 1 fully saturated rings. The predicted octanol–water partition coefficient (Wildman–Crippen LogP) is 5.04. The van der Waals surface area contributed by atoms with Crippen LogP contribution in [0.5, 0.6) is 0 Å². The van der Waals surface area contributed by atoms with E-state index in [2.05, 4.69) is 15.9 Å². The number of hydrogen-bond acceptors (Lipinski definition) is 1. The molecule has 1 aliphatic carbocycles. The number of alkyl halides is 2. The van der Waals surface area contributed by atoms with Crippen LogP contribution in [0, 0.1) is 5.92 Å². The van der Waals surface area contributed by atoms with E-state index in [1.54, 1.807) is 12.1 Å². The summed E-state index contributed by atoms with van der Waals surface area (Å²) in [6.07, 6.45) is 0.414. The Morgan fingerprint density at radius 2 is 2.00 bits per heavy atom. The molecule has 5 heteroatoms. The Balaban J connectivity index is 1.98. The maximum Gasteiger partial charge on any atom is 0.248 e. The van der Waals surface area contributed by atoms with Gasteiger partial charge in [-0.2, -0.15) is 0 Å². The number of Topliss-reactive ketones (excluding diaryl/α,β-unsaturated/α-hetero) is 1. The van der Waals surface area contributed by atoms with Gasteiger partial charge in [0.15, 0.2) is 0 Å². The molecule has 0 heterocycles. The third-order valence-corrected chi connectivity index (χ3v) is 4.40. The second-order valence-corrected chi connectivity index (χ2v) is 6.33. The van der Waals surface area contributed by atoms with E-state index in [9.17, 15) is 13.6 Å².